The third-order valence-electron chi connectivity index (χ3n) is 4.99. The van der Waals surface area contributed by atoms with Crippen molar-refractivity contribution in [2.24, 2.45) is 0 Å². The number of ether oxygens (including phenoxy) is 1. The summed E-state index contributed by atoms with van der Waals surface area (Å²) in [5.74, 6) is 0.366. The lowest BCUT2D eigenvalue weighted by atomic mass is 9.96. The second kappa shape index (κ2) is 8.55. The zero-order chi connectivity index (χ0) is 22.9. The monoisotopic (exact) mass is 459 g/mol. The molecule has 0 aliphatic heterocycles. The van der Waals surface area contributed by atoms with E-state index < -0.39 is 17.3 Å². The molecule has 0 aliphatic rings. The lowest BCUT2D eigenvalue weighted by Crippen LogP contribution is -2.16. The van der Waals surface area contributed by atoms with Gasteiger partial charge in [-0.15, -0.1) is 0 Å². The van der Waals surface area contributed by atoms with E-state index in [9.17, 15) is 18.0 Å². The first-order valence-electron chi connectivity index (χ1n) is 9.52. The maximum absolute atomic E-state index is 13.5. The molecule has 0 radical (unpaired) electrons. The molecular formula is C23H17ClF3N3O2. The van der Waals surface area contributed by atoms with Crippen LogP contribution in [0.1, 0.15) is 11.1 Å². The number of rotatable bonds is 5. The molecule has 0 atom stereocenters. The van der Waals surface area contributed by atoms with Gasteiger partial charge >= 0.3 is 6.18 Å². The highest BCUT2D eigenvalue weighted by Crippen LogP contribution is 2.41. The van der Waals surface area contributed by atoms with Crippen molar-refractivity contribution in [3.63, 3.8) is 0 Å². The Labute approximate surface area is 185 Å². The normalized spacial score (nSPS) is 11.5. The van der Waals surface area contributed by atoms with Crippen molar-refractivity contribution in [3.8, 4) is 16.9 Å². The van der Waals surface area contributed by atoms with Gasteiger partial charge in [-0.3, -0.25) is 9.78 Å². The second-order valence-corrected chi connectivity index (χ2v) is 7.45. The Morgan fingerprint density at radius 3 is 2.53 bits per heavy atom. The minimum Gasteiger partial charge on any atom is -0.496 e. The van der Waals surface area contributed by atoms with E-state index in [4.69, 9.17) is 16.3 Å². The second-order valence-electron chi connectivity index (χ2n) is 7.02. The number of aromatic amines is 1. The molecule has 5 nitrogen and oxygen atoms in total. The van der Waals surface area contributed by atoms with Crippen LogP contribution in [0.5, 0.6) is 5.75 Å². The fraction of sp³-hybridized carbons (Fsp3) is 0.130. The standard InChI is InChI=1S/C23H17ClF3N3O2/c1-32-19-5-3-15(24)11-17(19)20-16-10-14(23(25,26)27)2-4-18(16)30-22(31)21(20)29-12-13-6-8-28-9-7-13/h2-11,29H,12H2,1H3,(H,30,31). The third kappa shape index (κ3) is 4.27. The Balaban J connectivity index is 2.01. The molecule has 164 valence electrons. The SMILES string of the molecule is COc1ccc(Cl)cc1-c1c(NCc2ccncc2)c(=O)[nH]c2ccc(C(F)(F)F)cc12. The van der Waals surface area contributed by atoms with Crippen molar-refractivity contribution in [1.29, 1.82) is 0 Å². The summed E-state index contributed by atoms with van der Waals surface area (Å²) in [7, 11) is 1.44. The molecule has 0 fully saturated rings. The number of pyridine rings is 2. The van der Waals surface area contributed by atoms with Crippen molar-refractivity contribution in [1.82, 2.24) is 9.97 Å². The number of aromatic nitrogens is 2. The van der Waals surface area contributed by atoms with Gasteiger partial charge in [0.2, 0.25) is 0 Å². The fourth-order valence-electron chi connectivity index (χ4n) is 3.48. The summed E-state index contributed by atoms with van der Waals surface area (Å²) in [4.78, 5) is 19.6. The van der Waals surface area contributed by atoms with Crippen LogP contribution in [0.15, 0.2) is 65.7 Å². The van der Waals surface area contributed by atoms with Gasteiger partial charge in [0.25, 0.3) is 5.56 Å². The van der Waals surface area contributed by atoms with Crippen molar-refractivity contribution in [3.05, 3.63) is 87.4 Å². The maximum Gasteiger partial charge on any atom is 0.416 e. The minimum atomic E-state index is -4.55. The minimum absolute atomic E-state index is 0.106. The van der Waals surface area contributed by atoms with Crippen LogP contribution in [-0.2, 0) is 12.7 Å². The van der Waals surface area contributed by atoms with Crippen molar-refractivity contribution < 1.29 is 17.9 Å². The van der Waals surface area contributed by atoms with E-state index in [-0.39, 0.29) is 28.7 Å². The molecule has 0 saturated carbocycles. The summed E-state index contributed by atoms with van der Waals surface area (Å²) >= 11 is 6.19. The molecule has 0 saturated heterocycles. The zero-order valence-electron chi connectivity index (χ0n) is 16.8. The van der Waals surface area contributed by atoms with Crippen LogP contribution in [0, 0.1) is 0 Å². The Morgan fingerprint density at radius 2 is 1.84 bits per heavy atom. The number of methoxy groups -OCH3 is 1. The Kier molecular flexibility index (Phi) is 5.80. The van der Waals surface area contributed by atoms with Crippen LogP contribution in [0.2, 0.25) is 5.02 Å². The number of nitrogens with one attached hydrogen (secondary N) is 2. The van der Waals surface area contributed by atoms with E-state index in [2.05, 4.69) is 15.3 Å². The fourth-order valence-corrected chi connectivity index (χ4v) is 3.66. The van der Waals surface area contributed by atoms with E-state index in [1.165, 1.54) is 13.2 Å². The molecule has 2 N–H and O–H groups in total. The van der Waals surface area contributed by atoms with Crippen LogP contribution >= 0.6 is 11.6 Å². The van der Waals surface area contributed by atoms with Gasteiger partial charge < -0.3 is 15.0 Å². The van der Waals surface area contributed by atoms with Gasteiger partial charge in [0.15, 0.2) is 0 Å². The molecule has 2 aromatic carbocycles. The summed E-state index contributed by atoms with van der Waals surface area (Å²) < 4.78 is 45.8. The average molecular weight is 460 g/mol. The summed E-state index contributed by atoms with van der Waals surface area (Å²) in [6.07, 6.45) is -1.33. The van der Waals surface area contributed by atoms with Gasteiger partial charge in [0, 0.05) is 46.0 Å². The van der Waals surface area contributed by atoms with E-state index >= 15 is 0 Å². The van der Waals surface area contributed by atoms with Crippen LogP contribution < -0.4 is 15.6 Å². The van der Waals surface area contributed by atoms with Gasteiger partial charge in [-0.05, 0) is 54.1 Å². The van der Waals surface area contributed by atoms with Crippen LogP contribution in [0.25, 0.3) is 22.0 Å². The number of H-pyrrole nitrogens is 1. The van der Waals surface area contributed by atoms with Gasteiger partial charge in [0.1, 0.15) is 11.4 Å². The smallest absolute Gasteiger partial charge is 0.416 e. The van der Waals surface area contributed by atoms with Crippen LogP contribution in [0.3, 0.4) is 0 Å². The topological polar surface area (TPSA) is 67.0 Å². The highest BCUT2D eigenvalue weighted by Gasteiger charge is 2.31. The largest absolute Gasteiger partial charge is 0.496 e. The number of hydrogen-bond acceptors (Lipinski definition) is 4. The molecule has 4 aromatic rings. The molecular weight excluding hydrogens is 443 g/mol. The number of benzene rings is 2. The Hall–Kier alpha value is -3.52. The quantitative estimate of drug-likeness (QED) is 0.391. The molecule has 32 heavy (non-hydrogen) atoms. The summed E-state index contributed by atoms with van der Waals surface area (Å²) in [6.45, 7) is 0.256. The predicted molar refractivity (Wildman–Crippen MR) is 118 cm³/mol. The molecule has 4 rings (SSSR count). The van der Waals surface area contributed by atoms with Crippen molar-refractivity contribution in [2.45, 2.75) is 12.7 Å². The highest BCUT2D eigenvalue weighted by molar-refractivity contribution is 6.31. The number of halogens is 4. The first-order valence-corrected chi connectivity index (χ1v) is 9.89. The molecule has 0 aliphatic carbocycles. The van der Waals surface area contributed by atoms with Crippen molar-refractivity contribution >= 4 is 28.2 Å². The molecule has 0 unspecified atom stereocenters. The van der Waals surface area contributed by atoms with Crippen LogP contribution in [-0.4, -0.2) is 17.1 Å². The van der Waals surface area contributed by atoms with E-state index in [1.54, 1.807) is 42.7 Å². The highest BCUT2D eigenvalue weighted by atomic mass is 35.5. The van der Waals surface area contributed by atoms with Gasteiger partial charge in [0.05, 0.1) is 12.7 Å². The summed E-state index contributed by atoms with van der Waals surface area (Å²) in [6, 6.07) is 11.5. The number of hydrogen-bond donors (Lipinski definition) is 2. The molecule has 0 amide bonds. The van der Waals surface area contributed by atoms with Gasteiger partial charge in [-0.25, -0.2) is 0 Å². The Morgan fingerprint density at radius 1 is 1.09 bits per heavy atom. The zero-order valence-corrected chi connectivity index (χ0v) is 17.5. The van der Waals surface area contributed by atoms with Gasteiger partial charge in [-0.2, -0.15) is 13.2 Å². The lowest BCUT2D eigenvalue weighted by molar-refractivity contribution is -0.137. The average Bonchev–Trinajstić information content (AvgIpc) is 2.77. The van der Waals surface area contributed by atoms with Crippen LogP contribution in [0.4, 0.5) is 18.9 Å². The number of fused-ring (bicyclic) bond motifs is 1. The molecule has 2 aromatic heterocycles. The molecule has 9 heteroatoms. The maximum atomic E-state index is 13.5. The van der Waals surface area contributed by atoms with Crippen molar-refractivity contribution in [2.75, 3.05) is 12.4 Å². The first kappa shape index (κ1) is 21.7. The third-order valence-corrected chi connectivity index (χ3v) is 5.23. The van der Waals surface area contributed by atoms with E-state index in [1.807, 2.05) is 0 Å². The molecule has 0 spiro atoms. The summed E-state index contributed by atoms with van der Waals surface area (Å²) in [5, 5.41) is 3.62. The predicted octanol–water partition coefficient (Wildman–Crippen LogP) is 5.88. The first-order chi connectivity index (χ1) is 15.3. The summed E-state index contributed by atoms with van der Waals surface area (Å²) in [5.41, 5.74) is 0.551. The molecule has 2 heterocycles. The van der Waals surface area contributed by atoms with E-state index in [0.29, 0.717) is 16.3 Å². The molecule has 0 bridgehead atoms. The van der Waals surface area contributed by atoms with E-state index in [0.717, 1.165) is 17.7 Å². The number of nitrogens with zero attached hydrogens (tertiary/aromatic N) is 1. The number of anilines is 1. The lowest BCUT2D eigenvalue weighted by Gasteiger charge is -2.18. The number of alkyl halides is 3. The Bertz CT molecular complexity index is 1340. The van der Waals surface area contributed by atoms with Gasteiger partial charge in [-0.1, -0.05) is 11.6 Å².